The lowest BCUT2D eigenvalue weighted by atomic mass is 9.94. The standard InChI is InChI=1S/C28H33FN2O5/c1-18(2)17-36-23-9-6-21(16-19(23)3)26(32)24-25(20-4-7-22(29)8-5-20)31(28(34)27(24)33)11-10-30-12-14-35-15-13-30/h4-9,16,18,25,32H,10-15,17H2,1-3H3. The average Bonchev–Trinajstić information content (AvgIpc) is 3.12. The number of carbonyl (C=O) groups is 2. The van der Waals surface area contributed by atoms with E-state index in [-0.39, 0.29) is 11.3 Å². The smallest absolute Gasteiger partial charge is 0.295 e. The van der Waals surface area contributed by atoms with Crippen LogP contribution in [0.15, 0.2) is 48.0 Å². The number of aliphatic hydroxyl groups excluding tert-OH is 1. The van der Waals surface area contributed by atoms with Crippen LogP contribution in [0.3, 0.4) is 0 Å². The lowest BCUT2D eigenvalue weighted by molar-refractivity contribution is -0.140. The van der Waals surface area contributed by atoms with Gasteiger partial charge in [0.1, 0.15) is 17.3 Å². The molecule has 2 aromatic rings. The normalized spacial score (nSPS) is 20.4. The van der Waals surface area contributed by atoms with Crippen molar-refractivity contribution in [3.05, 3.63) is 70.5 Å². The molecule has 0 aliphatic carbocycles. The van der Waals surface area contributed by atoms with Crippen molar-refractivity contribution in [2.45, 2.75) is 26.8 Å². The molecule has 1 amide bonds. The van der Waals surface area contributed by atoms with E-state index in [1.54, 1.807) is 30.3 Å². The minimum atomic E-state index is -0.816. The Bertz CT molecular complexity index is 1140. The summed E-state index contributed by atoms with van der Waals surface area (Å²) < 4.78 is 24.9. The summed E-state index contributed by atoms with van der Waals surface area (Å²) in [6.45, 7) is 10.1. The first kappa shape index (κ1) is 25.9. The molecule has 2 aliphatic heterocycles. The number of aliphatic hydroxyl groups is 1. The zero-order chi connectivity index (χ0) is 25.8. The van der Waals surface area contributed by atoms with E-state index < -0.39 is 23.5 Å². The maximum atomic E-state index is 13.7. The first-order chi connectivity index (χ1) is 17.3. The summed E-state index contributed by atoms with van der Waals surface area (Å²) in [5.74, 6) is -1.04. The number of Topliss-reactive ketones (excluding diaryl/α,β-unsaturated/α-hetero) is 1. The molecule has 2 fully saturated rings. The summed E-state index contributed by atoms with van der Waals surface area (Å²) in [5, 5.41) is 11.3. The largest absolute Gasteiger partial charge is 0.507 e. The molecule has 2 heterocycles. The van der Waals surface area contributed by atoms with E-state index in [2.05, 4.69) is 18.7 Å². The number of ketones is 1. The van der Waals surface area contributed by atoms with Crippen molar-refractivity contribution in [3.8, 4) is 5.75 Å². The summed E-state index contributed by atoms with van der Waals surface area (Å²) >= 11 is 0. The fourth-order valence-corrected chi connectivity index (χ4v) is 4.55. The third-order valence-electron chi connectivity index (χ3n) is 6.51. The number of hydrogen-bond acceptors (Lipinski definition) is 6. The van der Waals surface area contributed by atoms with Crippen molar-refractivity contribution in [2.24, 2.45) is 5.92 Å². The first-order valence-electron chi connectivity index (χ1n) is 12.3. The third kappa shape index (κ3) is 5.60. The van der Waals surface area contributed by atoms with Gasteiger partial charge < -0.3 is 19.5 Å². The molecule has 0 bridgehead atoms. The molecule has 192 valence electrons. The first-order valence-corrected chi connectivity index (χ1v) is 12.3. The maximum Gasteiger partial charge on any atom is 0.295 e. The summed E-state index contributed by atoms with van der Waals surface area (Å²) in [5.41, 5.74) is 1.79. The van der Waals surface area contributed by atoms with Gasteiger partial charge in [0.15, 0.2) is 0 Å². The van der Waals surface area contributed by atoms with Crippen LogP contribution in [0.1, 0.15) is 36.6 Å². The third-order valence-corrected chi connectivity index (χ3v) is 6.51. The quantitative estimate of drug-likeness (QED) is 0.339. The Morgan fingerprint density at radius 3 is 2.44 bits per heavy atom. The topological polar surface area (TPSA) is 79.3 Å². The molecule has 0 saturated carbocycles. The predicted molar refractivity (Wildman–Crippen MR) is 134 cm³/mol. The van der Waals surface area contributed by atoms with Crippen molar-refractivity contribution in [1.82, 2.24) is 9.80 Å². The van der Waals surface area contributed by atoms with E-state index in [1.807, 2.05) is 6.92 Å². The number of morpholine rings is 1. The zero-order valence-corrected chi connectivity index (χ0v) is 21.0. The number of halogens is 1. The number of likely N-dealkylation sites (tertiary alicyclic amines) is 1. The number of rotatable bonds is 8. The van der Waals surface area contributed by atoms with Crippen LogP contribution in [0.25, 0.3) is 5.76 Å². The van der Waals surface area contributed by atoms with E-state index in [4.69, 9.17) is 9.47 Å². The van der Waals surface area contributed by atoms with Crippen LogP contribution < -0.4 is 4.74 Å². The van der Waals surface area contributed by atoms with Crippen molar-refractivity contribution in [3.63, 3.8) is 0 Å². The van der Waals surface area contributed by atoms with E-state index >= 15 is 0 Å². The highest BCUT2D eigenvalue weighted by Gasteiger charge is 2.46. The Morgan fingerprint density at radius 1 is 1.11 bits per heavy atom. The molecule has 4 rings (SSSR count). The number of hydrogen-bond donors (Lipinski definition) is 1. The van der Waals surface area contributed by atoms with Crippen LogP contribution in [0, 0.1) is 18.7 Å². The summed E-state index contributed by atoms with van der Waals surface area (Å²) in [7, 11) is 0. The van der Waals surface area contributed by atoms with E-state index in [0.717, 1.165) is 18.7 Å². The predicted octanol–water partition coefficient (Wildman–Crippen LogP) is 3.92. The van der Waals surface area contributed by atoms with Crippen LogP contribution >= 0.6 is 0 Å². The Labute approximate surface area is 211 Å². The average molecular weight is 497 g/mol. The van der Waals surface area contributed by atoms with Gasteiger partial charge in [0.2, 0.25) is 0 Å². The molecule has 1 unspecified atom stereocenters. The molecule has 2 saturated heterocycles. The van der Waals surface area contributed by atoms with Crippen molar-refractivity contribution >= 4 is 17.4 Å². The van der Waals surface area contributed by atoms with Crippen molar-refractivity contribution < 1.29 is 28.6 Å². The molecule has 2 aliphatic rings. The molecule has 8 heteroatoms. The lowest BCUT2D eigenvalue weighted by Gasteiger charge is -2.31. The number of ether oxygens (including phenoxy) is 2. The van der Waals surface area contributed by atoms with Gasteiger partial charge in [-0.05, 0) is 54.3 Å². The van der Waals surface area contributed by atoms with Gasteiger partial charge in [0, 0.05) is 31.7 Å². The van der Waals surface area contributed by atoms with Gasteiger partial charge in [-0.2, -0.15) is 0 Å². The number of benzene rings is 2. The second-order valence-electron chi connectivity index (χ2n) is 9.68. The summed E-state index contributed by atoms with van der Waals surface area (Å²) in [6.07, 6.45) is 0. The van der Waals surface area contributed by atoms with Gasteiger partial charge >= 0.3 is 0 Å². The van der Waals surface area contributed by atoms with Gasteiger partial charge in [0.25, 0.3) is 11.7 Å². The molecule has 1 atom stereocenters. The molecular weight excluding hydrogens is 463 g/mol. The van der Waals surface area contributed by atoms with Crippen LogP contribution in [0.4, 0.5) is 4.39 Å². The highest BCUT2D eigenvalue weighted by atomic mass is 19.1. The molecule has 1 N–H and O–H groups in total. The Kier molecular flexibility index (Phi) is 8.06. The molecular formula is C28H33FN2O5. The molecule has 7 nitrogen and oxygen atoms in total. The monoisotopic (exact) mass is 496 g/mol. The second-order valence-corrected chi connectivity index (χ2v) is 9.68. The minimum Gasteiger partial charge on any atom is -0.507 e. The van der Waals surface area contributed by atoms with Gasteiger partial charge in [-0.1, -0.05) is 26.0 Å². The highest BCUT2D eigenvalue weighted by molar-refractivity contribution is 6.46. The Morgan fingerprint density at radius 2 is 1.81 bits per heavy atom. The van der Waals surface area contributed by atoms with Gasteiger partial charge in [0.05, 0.1) is 31.4 Å². The van der Waals surface area contributed by atoms with Crippen LogP contribution in [0.2, 0.25) is 0 Å². The van der Waals surface area contributed by atoms with E-state index in [0.29, 0.717) is 55.7 Å². The minimum absolute atomic E-state index is 0.00355. The lowest BCUT2D eigenvalue weighted by Crippen LogP contribution is -2.42. The van der Waals surface area contributed by atoms with E-state index in [1.165, 1.54) is 17.0 Å². The molecule has 0 spiro atoms. The molecule has 0 radical (unpaired) electrons. The summed E-state index contributed by atoms with van der Waals surface area (Å²) in [6, 6.07) is 10.1. The van der Waals surface area contributed by atoms with Crippen molar-refractivity contribution in [1.29, 1.82) is 0 Å². The maximum absolute atomic E-state index is 13.7. The SMILES string of the molecule is Cc1cc(C(O)=C2C(=O)C(=O)N(CCN3CCOCC3)C2c2ccc(F)cc2)ccc1OCC(C)C. The number of amides is 1. The Balaban J connectivity index is 1.69. The zero-order valence-electron chi connectivity index (χ0n) is 21.0. The number of nitrogens with zero attached hydrogens (tertiary/aromatic N) is 2. The van der Waals surface area contributed by atoms with Crippen molar-refractivity contribution in [2.75, 3.05) is 46.0 Å². The van der Waals surface area contributed by atoms with Gasteiger partial charge in [-0.15, -0.1) is 0 Å². The van der Waals surface area contributed by atoms with Crippen LogP contribution in [-0.4, -0.2) is 72.6 Å². The Hall–Kier alpha value is -3.23. The van der Waals surface area contributed by atoms with Gasteiger partial charge in [-0.3, -0.25) is 14.5 Å². The second kappa shape index (κ2) is 11.2. The number of carbonyl (C=O) groups excluding carboxylic acids is 2. The van der Waals surface area contributed by atoms with Crippen LogP contribution in [-0.2, 0) is 14.3 Å². The fraction of sp³-hybridized carbons (Fsp3) is 0.429. The highest BCUT2D eigenvalue weighted by Crippen LogP contribution is 2.39. The van der Waals surface area contributed by atoms with Crippen LogP contribution in [0.5, 0.6) is 5.75 Å². The number of aryl methyl sites for hydroxylation is 1. The van der Waals surface area contributed by atoms with Gasteiger partial charge in [-0.25, -0.2) is 4.39 Å². The van der Waals surface area contributed by atoms with E-state index in [9.17, 15) is 19.1 Å². The summed E-state index contributed by atoms with van der Waals surface area (Å²) in [4.78, 5) is 30.0. The molecule has 2 aromatic carbocycles. The fourth-order valence-electron chi connectivity index (χ4n) is 4.55. The molecule has 0 aromatic heterocycles. The molecule has 36 heavy (non-hydrogen) atoms.